The summed E-state index contributed by atoms with van der Waals surface area (Å²) in [6.07, 6.45) is -2.96. The van der Waals surface area contributed by atoms with Gasteiger partial charge in [0.15, 0.2) is 0 Å². The minimum absolute atomic E-state index is 0.211. The fourth-order valence-electron chi connectivity index (χ4n) is 1.98. The number of carbonyl (C=O) groups is 1. The lowest BCUT2D eigenvalue weighted by atomic mass is 9.88. The van der Waals surface area contributed by atoms with Crippen LogP contribution < -0.4 is 5.32 Å². The zero-order valence-electron chi connectivity index (χ0n) is 12.1. The molecule has 0 aliphatic heterocycles. The van der Waals surface area contributed by atoms with Crippen molar-refractivity contribution < 1.29 is 18.0 Å². The molecule has 0 unspecified atom stereocenters. The maximum atomic E-state index is 12.9. The molecule has 1 N–H and O–H groups in total. The summed E-state index contributed by atoms with van der Waals surface area (Å²) in [6.45, 7) is 4.18. The van der Waals surface area contributed by atoms with Gasteiger partial charge in [-0.2, -0.15) is 13.2 Å². The summed E-state index contributed by atoms with van der Waals surface area (Å²) >= 11 is 5.62. The first kappa shape index (κ1) is 17.8. The number of amides is 1. The summed E-state index contributed by atoms with van der Waals surface area (Å²) in [5.74, 6) is -0.184. The highest BCUT2D eigenvalue weighted by atomic mass is 35.5. The molecule has 118 valence electrons. The molecule has 0 aliphatic carbocycles. The van der Waals surface area contributed by atoms with Crippen LogP contribution in [0.2, 0.25) is 0 Å². The van der Waals surface area contributed by atoms with E-state index in [1.807, 2.05) is 13.8 Å². The van der Waals surface area contributed by atoms with Crippen molar-refractivity contribution >= 4 is 17.5 Å². The molecule has 0 fully saturated rings. The van der Waals surface area contributed by atoms with Crippen molar-refractivity contribution in [1.29, 1.82) is 0 Å². The van der Waals surface area contributed by atoms with Crippen molar-refractivity contribution in [3.05, 3.63) is 35.4 Å². The minimum atomic E-state index is -4.54. The predicted octanol–water partition coefficient (Wildman–Crippen LogP) is 4.48. The summed E-state index contributed by atoms with van der Waals surface area (Å²) in [4.78, 5) is 12.0. The molecular weight excluding hydrogens is 303 g/mol. The van der Waals surface area contributed by atoms with Gasteiger partial charge in [-0.25, -0.2) is 0 Å². The lowest BCUT2D eigenvalue weighted by Crippen LogP contribution is -2.35. The Kier molecular flexibility index (Phi) is 6.08. The molecule has 0 heterocycles. The van der Waals surface area contributed by atoms with Crippen LogP contribution in [0.1, 0.15) is 42.6 Å². The van der Waals surface area contributed by atoms with Gasteiger partial charge < -0.3 is 5.32 Å². The SMILES string of the molecule is CC(C)(CCCCl)CNC(=O)c1ccccc1C(F)(F)F. The van der Waals surface area contributed by atoms with Gasteiger partial charge in [-0.15, -0.1) is 11.6 Å². The van der Waals surface area contributed by atoms with E-state index in [-0.39, 0.29) is 11.0 Å². The average molecular weight is 322 g/mol. The number of hydrogen-bond donors (Lipinski definition) is 1. The summed E-state index contributed by atoms with van der Waals surface area (Å²) in [7, 11) is 0. The molecule has 6 heteroatoms. The van der Waals surface area contributed by atoms with Crippen LogP contribution in [0.15, 0.2) is 24.3 Å². The second kappa shape index (κ2) is 7.16. The van der Waals surface area contributed by atoms with Crippen LogP contribution in [0.4, 0.5) is 13.2 Å². The summed E-state index contributed by atoms with van der Waals surface area (Å²) < 4.78 is 38.6. The third-order valence-electron chi connectivity index (χ3n) is 3.19. The van der Waals surface area contributed by atoms with Gasteiger partial charge >= 0.3 is 6.18 Å². The van der Waals surface area contributed by atoms with Crippen LogP contribution >= 0.6 is 11.6 Å². The Bertz CT molecular complexity index is 486. The second-order valence-electron chi connectivity index (χ2n) is 5.68. The van der Waals surface area contributed by atoms with E-state index < -0.39 is 17.6 Å². The van der Waals surface area contributed by atoms with Crippen molar-refractivity contribution in [1.82, 2.24) is 5.32 Å². The van der Waals surface area contributed by atoms with Crippen molar-refractivity contribution in [2.75, 3.05) is 12.4 Å². The maximum Gasteiger partial charge on any atom is 0.417 e. The first-order valence-corrected chi connectivity index (χ1v) is 7.21. The molecule has 0 aliphatic rings. The van der Waals surface area contributed by atoms with Crippen molar-refractivity contribution in [3.63, 3.8) is 0 Å². The van der Waals surface area contributed by atoms with E-state index >= 15 is 0 Å². The molecule has 1 rings (SSSR count). The number of hydrogen-bond acceptors (Lipinski definition) is 1. The number of benzene rings is 1. The standard InChI is InChI=1S/C15H19ClF3NO/c1-14(2,8-5-9-16)10-20-13(21)11-6-3-4-7-12(11)15(17,18)19/h3-4,6-7H,5,8-10H2,1-2H3,(H,20,21). The monoisotopic (exact) mass is 321 g/mol. The molecule has 2 nitrogen and oxygen atoms in total. The Morgan fingerprint density at radius 3 is 2.43 bits per heavy atom. The number of halogens is 4. The Morgan fingerprint density at radius 2 is 1.86 bits per heavy atom. The van der Waals surface area contributed by atoms with Crippen molar-refractivity contribution in [2.45, 2.75) is 32.9 Å². The van der Waals surface area contributed by atoms with E-state index in [1.54, 1.807) is 0 Å². The second-order valence-corrected chi connectivity index (χ2v) is 6.06. The molecule has 1 aromatic rings. The third kappa shape index (κ3) is 5.58. The Morgan fingerprint density at radius 1 is 1.24 bits per heavy atom. The molecule has 0 bridgehead atoms. The highest BCUT2D eigenvalue weighted by Crippen LogP contribution is 2.32. The van der Waals surface area contributed by atoms with Crippen LogP contribution in [0.25, 0.3) is 0 Å². The Labute approximate surface area is 127 Å². The van der Waals surface area contributed by atoms with E-state index in [0.717, 1.165) is 18.9 Å². The summed E-state index contributed by atoms with van der Waals surface area (Å²) in [5.41, 5.74) is -1.48. The zero-order valence-corrected chi connectivity index (χ0v) is 12.8. The third-order valence-corrected chi connectivity index (χ3v) is 3.46. The fraction of sp³-hybridized carbons (Fsp3) is 0.533. The topological polar surface area (TPSA) is 29.1 Å². The predicted molar refractivity (Wildman–Crippen MR) is 77.5 cm³/mol. The molecule has 1 aromatic carbocycles. The minimum Gasteiger partial charge on any atom is -0.351 e. The van der Waals surface area contributed by atoms with Gasteiger partial charge in [0.05, 0.1) is 11.1 Å². The van der Waals surface area contributed by atoms with Gasteiger partial charge in [-0.1, -0.05) is 26.0 Å². The molecule has 0 spiro atoms. The number of carbonyl (C=O) groups excluding carboxylic acids is 1. The molecule has 21 heavy (non-hydrogen) atoms. The van der Waals surface area contributed by atoms with Crippen molar-refractivity contribution in [3.8, 4) is 0 Å². The maximum absolute atomic E-state index is 12.9. The Balaban J connectivity index is 2.77. The first-order valence-electron chi connectivity index (χ1n) is 6.68. The van der Waals surface area contributed by atoms with Crippen LogP contribution in [-0.2, 0) is 6.18 Å². The van der Waals surface area contributed by atoms with E-state index in [0.29, 0.717) is 12.4 Å². The normalized spacial score (nSPS) is 12.3. The average Bonchev–Trinajstić information content (AvgIpc) is 2.42. The van der Waals surface area contributed by atoms with E-state index in [9.17, 15) is 18.0 Å². The number of nitrogens with one attached hydrogen (secondary N) is 1. The molecule has 0 radical (unpaired) electrons. The van der Waals surface area contributed by atoms with Crippen LogP contribution in [0, 0.1) is 5.41 Å². The molecule has 0 saturated heterocycles. The molecule has 1 amide bonds. The lowest BCUT2D eigenvalue weighted by Gasteiger charge is -2.25. The molecule has 0 aromatic heterocycles. The van der Waals surface area contributed by atoms with Crippen LogP contribution in [0.3, 0.4) is 0 Å². The van der Waals surface area contributed by atoms with Gasteiger partial charge in [0.25, 0.3) is 5.91 Å². The van der Waals surface area contributed by atoms with Gasteiger partial charge in [0.2, 0.25) is 0 Å². The van der Waals surface area contributed by atoms with Gasteiger partial charge in [0, 0.05) is 12.4 Å². The molecular formula is C15H19ClF3NO. The fourth-order valence-corrected chi connectivity index (χ4v) is 2.11. The smallest absolute Gasteiger partial charge is 0.351 e. The first-order chi connectivity index (χ1) is 9.67. The highest BCUT2D eigenvalue weighted by molar-refractivity contribution is 6.17. The van der Waals surface area contributed by atoms with Gasteiger partial charge in [0.1, 0.15) is 0 Å². The summed E-state index contributed by atoms with van der Waals surface area (Å²) in [6, 6.07) is 4.78. The molecule has 0 saturated carbocycles. The number of alkyl halides is 4. The van der Waals surface area contributed by atoms with Gasteiger partial charge in [-0.3, -0.25) is 4.79 Å². The van der Waals surface area contributed by atoms with E-state index in [2.05, 4.69) is 5.32 Å². The lowest BCUT2D eigenvalue weighted by molar-refractivity contribution is -0.137. The van der Waals surface area contributed by atoms with Crippen molar-refractivity contribution in [2.24, 2.45) is 5.41 Å². The van der Waals surface area contributed by atoms with Crippen LogP contribution in [-0.4, -0.2) is 18.3 Å². The highest BCUT2D eigenvalue weighted by Gasteiger charge is 2.35. The largest absolute Gasteiger partial charge is 0.417 e. The molecule has 0 atom stereocenters. The zero-order chi connectivity index (χ0) is 16.1. The number of rotatable bonds is 6. The van der Waals surface area contributed by atoms with E-state index in [4.69, 9.17) is 11.6 Å². The summed E-state index contributed by atoms with van der Waals surface area (Å²) in [5, 5.41) is 2.58. The van der Waals surface area contributed by atoms with Crippen LogP contribution in [0.5, 0.6) is 0 Å². The van der Waals surface area contributed by atoms with Gasteiger partial charge in [-0.05, 0) is 30.4 Å². The quantitative estimate of drug-likeness (QED) is 0.769. The van der Waals surface area contributed by atoms with E-state index in [1.165, 1.54) is 18.2 Å². The Hall–Kier alpha value is -1.23.